The van der Waals surface area contributed by atoms with E-state index in [0.717, 1.165) is 60.7 Å². The molecular formula is C34H36N12O. The molecule has 3 N–H and O–H groups in total. The van der Waals surface area contributed by atoms with Crippen LogP contribution in [-0.2, 0) is 11.3 Å². The van der Waals surface area contributed by atoms with Crippen LogP contribution in [-0.4, -0.2) is 91.0 Å². The lowest BCUT2D eigenvalue weighted by atomic mass is 10.0. The van der Waals surface area contributed by atoms with Gasteiger partial charge in [0.25, 0.3) is 0 Å². The number of rotatable bonds is 7. The van der Waals surface area contributed by atoms with Crippen molar-refractivity contribution in [3.63, 3.8) is 0 Å². The van der Waals surface area contributed by atoms with Gasteiger partial charge in [-0.2, -0.15) is 5.26 Å². The summed E-state index contributed by atoms with van der Waals surface area (Å²) in [5, 5.41) is 12.5. The molecule has 47 heavy (non-hydrogen) atoms. The highest BCUT2D eigenvalue weighted by atomic mass is 16.2. The summed E-state index contributed by atoms with van der Waals surface area (Å²) in [4.78, 5) is 41.3. The number of imidazole rings is 1. The standard InChI is InChI=1S/C34H36N12O/c1-43-19-20-45(18-13-31(43)47)30-9-8-27-34(42-30)46(33(40-27)26-3-2-14-38-32(26)36)25-6-4-23(5-7-25)22-44-16-11-24(12-17-44)39-28-10-15-37-29(21-35)41-28/h2-10,14-15,24H,11-13,16-20,22H2,1H3,(H2,36,38)(H,37,39,41). The molecule has 6 heterocycles. The van der Waals surface area contributed by atoms with Crippen molar-refractivity contribution in [2.75, 3.05) is 55.7 Å². The summed E-state index contributed by atoms with van der Waals surface area (Å²) in [6.45, 7) is 4.73. The molecule has 7 rings (SSSR count). The van der Waals surface area contributed by atoms with Crippen LogP contribution in [0.15, 0.2) is 67.0 Å². The molecule has 0 unspecified atom stereocenters. The molecular weight excluding hydrogens is 592 g/mol. The number of benzene rings is 1. The van der Waals surface area contributed by atoms with Gasteiger partial charge in [0.05, 0.1) is 5.56 Å². The Hall–Kier alpha value is -5.61. The molecule has 2 aliphatic rings. The summed E-state index contributed by atoms with van der Waals surface area (Å²) < 4.78 is 2.05. The lowest BCUT2D eigenvalue weighted by molar-refractivity contribution is -0.129. The predicted octanol–water partition coefficient (Wildman–Crippen LogP) is 3.47. The van der Waals surface area contributed by atoms with Gasteiger partial charge in [0.1, 0.15) is 29.0 Å². The minimum Gasteiger partial charge on any atom is -0.383 e. The van der Waals surface area contributed by atoms with Crippen LogP contribution >= 0.6 is 0 Å². The number of nitriles is 1. The number of nitrogens with two attached hydrogens (primary N) is 1. The van der Waals surface area contributed by atoms with E-state index >= 15 is 0 Å². The first-order valence-corrected chi connectivity index (χ1v) is 15.9. The number of likely N-dealkylation sites (tertiary alicyclic amines) is 1. The van der Waals surface area contributed by atoms with Gasteiger partial charge in [-0.15, -0.1) is 0 Å². The van der Waals surface area contributed by atoms with Crippen LogP contribution in [0.4, 0.5) is 17.5 Å². The van der Waals surface area contributed by atoms with E-state index in [9.17, 15) is 4.79 Å². The number of anilines is 3. The summed E-state index contributed by atoms with van der Waals surface area (Å²) in [6, 6.07) is 20.4. The smallest absolute Gasteiger partial charge is 0.234 e. The monoisotopic (exact) mass is 628 g/mol. The number of carbonyl (C=O) groups excluding carboxylic acids is 1. The molecule has 1 amide bonds. The Morgan fingerprint density at radius 2 is 1.77 bits per heavy atom. The number of nitrogens with zero attached hydrogens (tertiary/aromatic N) is 10. The van der Waals surface area contributed by atoms with E-state index in [4.69, 9.17) is 21.0 Å². The number of hydrogen-bond donors (Lipinski definition) is 2. The average Bonchev–Trinajstić information content (AvgIpc) is 3.39. The highest BCUT2D eigenvalue weighted by Gasteiger charge is 2.23. The Kier molecular flexibility index (Phi) is 8.33. The molecule has 0 aliphatic carbocycles. The number of amides is 1. The van der Waals surface area contributed by atoms with E-state index in [0.29, 0.717) is 49.6 Å². The third-order valence-corrected chi connectivity index (χ3v) is 8.92. The van der Waals surface area contributed by atoms with E-state index in [1.54, 1.807) is 23.4 Å². The molecule has 2 fully saturated rings. The number of aromatic nitrogens is 6. The third kappa shape index (κ3) is 6.41. The average molecular weight is 629 g/mol. The van der Waals surface area contributed by atoms with Crippen LogP contribution in [0.25, 0.3) is 28.2 Å². The molecule has 0 atom stereocenters. The normalized spacial score (nSPS) is 16.3. The quantitative estimate of drug-likeness (QED) is 0.272. The van der Waals surface area contributed by atoms with E-state index < -0.39 is 0 Å². The minimum atomic E-state index is 0.145. The number of nitrogen functional groups attached to an aromatic ring is 1. The molecule has 2 saturated heterocycles. The van der Waals surface area contributed by atoms with Crippen molar-refractivity contribution in [1.29, 1.82) is 5.26 Å². The van der Waals surface area contributed by atoms with E-state index in [-0.39, 0.29) is 11.7 Å². The second kappa shape index (κ2) is 13.0. The highest BCUT2D eigenvalue weighted by Crippen LogP contribution is 2.32. The minimum absolute atomic E-state index is 0.145. The Morgan fingerprint density at radius 3 is 2.55 bits per heavy atom. The van der Waals surface area contributed by atoms with Crippen LogP contribution in [0.5, 0.6) is 0 Å². The Labute approximate surface area is 272 Å². The number of nitrogens with one attached hydrogen (secondary N) is 1. The van der Waals surface area contributed by atoms with Crippen molar-refractivity contribution in [2.45, 2.75) is 31.8 Å². The van der Waals surface area contributed by atoms with Gasteiger partial charge < -0.3 is 20.9 Å². The Bertz CT molecular complexity index is 1940. The predicted molar refractivity (Wildman–Crippen MR) is 180 cm³/mol. The van der Waals surface area contributed by atoms with Crippen LogP contribution < -0.4 is 16.0 Å². The van der Waals surface area contributed by atoms with Gasteiger partial charge in [-0.3, -0.25) is 14.3 Å². The summed E-state index contributed by atoms with van der Waals surface area (Å²) in [7, 11) is 1.85. The molecule has 0 radical (unpaired) electrons. The summed E-state index contributed by atoms with van der Waals surface area (Å²) in [5.41, 5.74) is 10.7. The highest BCUT2D eigenvalue weighted by molar-refractivity contribution is 5.84. The zero-order valence-electron chi connectivity index (χ0n) is 26.2. The summed E-state index contributed by atoms with van der Waals surface area (Å²) >= 11 is 0. The molecule has 5 aromatic rings. The van der Waals surface area contributed by atoms with E-state index in [1.165, 1.54) is 5.56 Å². The van der Waals surface area contributed by atoms with Crippen LogP contribution in [0, 0.1) is 11.3 Å². The third-order valence-electron chi connectivity index (χ3n) is 8.92. The number of carbonyl (C=O) groups is 1. The van der Waals surface area contributed by atoms with Gasteiger partial charge in [0, 0.05) is 76.9 Å². The molecule has 13 heteroatoms. The molecule has 13 nitrogen and oxygen atoms in total. The topological polar surface area (TPSA) is 158 Å². The molecule has 2 aliphatic heterocycles. The second-order valence-electron chi connectivity index (χ2n) is 12.0. The van der Waals surface area contributed by atoms with E-state index in [2.05, 4.69) is 54.3 Å². The number of fused-ring (bicyclic) bond motifs is 1. The molecule has 1 aromatic carbocycles. The lowest BCUT2D eigenvalue weighted by Crippen LogP contribution is -2.38. The number of piperidine rings is 1. The van der Waals surface area contributed by atoms with E-state index in [1.807, 2.05) is 41.9 Å². The molecule has 0 saturated carbocycles. The maximum atomic E-state index is 12.3. The lowest BCUT2D eigenvalue weighted by Gasteiger charge is -2.32. The molecule has 0 bridgehead atoms. The first-order valence-electron chi connectivity index (χ1n) is 15.9. The molecule has 4 aromatic heterocycles. The summed E-state index contributed by atoms with van der Waals surface area (Å²) in [6.07, 6.45) is 5.70. The van der Waals surface area contributed by atoms with Crippen molar-refractivity contribution in [1.82, 2.24) is 39.3 Å². The maximum absolute atomic E-state index is 12.3. The largest absolute Gasteiger partial charge is 0.383 e. The van der Waals surface area contributed by atoms with Crippen molar-refractivity contribution < 1.29 is 4.79 Å². The van der Waals surface area contributed by atoms with Gasteiger partial charge in [0.15, 0.2) is 11.5 Å². The Morgan fingerprint density at radius 1 is 0.936 bits per heavy atom. The molecule has 238 valence electrons. The van der Waals surface area contributed by atoms with Crippen molar-refractivity contribution >= 4 is 34.5 Å². The van der Waals surface area contributed by atoms with Crippen LogP contribution in [0.2, 0.25) is 0 Å². The molecule has 0 spiro atoms. The number of pyridine rings is 2. The van der Waals surface area contributed by atoms with Crippen LogP contribution in [0.1, 0.15) is 30.7 Å². The van der Waals surface area contributed by atoms with Gasteiger partial charge in [0.2, 0.25) is 11.7 Å². The van der Waals surface area contributed by atoms with Crippen LogP contribution in [0.3, 0.4) is 0 Å². The SMILES string of the molecule is CN1CCN(c2ccc3nc(-c4cccnc4N)n(-c4ccc(CN5CCC(Nc6ccnc(C#N)n6)CC5)cc4)c3n2)CCC1=O. The fourth-order valence-corrected chi connectivity index (χ4v) is 6.26. The van der Waals surface area contributed by atoms with Gasteiger partial charge >= 0.3 is 0 Å². The fourth-order valence-electron chi connectivity index (χ4n) is 6.26. The first-order chi connectivity index (χ1) is 22.9. The zero-order valence-corrected chi connectivity index (χ0v) is 26.2. The Balaban J connectivity index is 1.12. The number of likely N-dealkylation sites (N-methyl/N-ethyl adjacent to an activating group) is 1. The zero-order chi connectivity index (χ0) is 32.3. The maximum Gasteiger partial charge on any atom is 0.234 e. The fraction of sp³-hybridized carbons (Fsp3) is 0.324. The van der Waals surface area contributed by atoms with Gasteiger partial charge in [-0.1, -0.05) is 12.1 Å². The number of hydrogen-bond acceptors (Lipinski definition) is 11. The first kappa shape index (κ1) is 30.1. The van der Waals surface area contributed by atoms with Crippen molar-refractivity contribution in [3.8, 4) is 23.1 Å². The van der Waals surface area contributed by atoms with Gasteiger partial charge in [-0.05, 0) is 60.9 Å². The van der Waals surface area contributed by atoms with Crippen molar-refractivity contribution in [3.05, 3.63) is 78.4 Å². The second-order valence-corrected chi connectivity index (χ2v) is 12.0. The van der Waals surface area contributed by atoms with Crippen molar-refractivity contribution in [2.24, 2.45) is 0 Å². The van der Waals surface area contributed by atoms with Gasteiger partial charge in [-0.25, -0.2) is 24.9 Å². The summed E-state index contributed by atoms with van der Waals surface area (Å²) in [5.74, 6) is 2.90.